The van der Waals surface area contributed by atoms with Crippen LogP contribution in [0.15, 0.2) is 40.9 Å². The number of aliphatic hydroxyl groups excluding tert-OH is 1. The third-order valence-electron chi connectivity index (χ3n) is 6.69. The van der Waals surface area contributed by atoms with Gasteiger partial charge in [0.1, 0.15) is 17.8 Å². The minimum absolute atomic E-state index is 0.00362. The lowest BCUT2D eigenvalue weighted by Crippen LogP contribution is -2.46. The topological polar surface area (TPSA) is 175 Å². The van der Waals surface area contributed by atoms with Gasteiger partial charge >= 0.3 is 18.1 Å². The first-order chi connectivity index (χ1) is 21.1. The summed E-state index contributed by atoms with van der Waals surface area (Å²) in [5, 5.41) is 18.8. The molecule has 0 saturated carbocycles. The fourth-order valence-electron chi connectivity index (χ4n) is 4.15. The second kappa shape index (κ2) is 14.4. The molecule has 3 atom stereocenters. The highest BCUT2D eigenvalue weighted by Gasteiger charge is 2.39. The van der Waals surface area contributed by atoms with E-state index in [0.29, 0.717) is 15.8 Å². The molecular weight excluding hydrogens is 603 g/mol. The summed E-state index contributed by atoms with van der Waals surface area (Å²) in [5.74, 6) is -3.90. The lowest BCUT2D eigenvalue weighted by molar-refractivity contribution is -0.208. The predicted octanol–water partition coefficient (Wildman–Crippen LogP) is 2.98. The number of benzene rings is 1. The van der Waals surface area contributed by atoms with Crippen molar-refractivity contribution in [1.29, 1.82) is 0 Å². The molecule has 244 valence electrons. The zero-order valence-corrected chi connectivity index (χ0v) is 25.3. The Kier molecular flexibility index (Phi) is 11.1. The van der Waals surface area contributed by atoms with E-state index in [1.54, 1.807) is 45.9 Å². The molecule has 3 unspecified atom stereocenters. The number of rotatable bonds is 12. The number of nitrogens with zero attached hydrogens (tertiary/aromatic N) is 3. The number of carbonyl (C=O) groups is 4. The average Bonchev–Trinajstić information content (AvgIpc) is 3.65. The van der Waals surface area contributed by atoms with Crippen LogP contribution >= 0.6 is 0 Å². The number of ether oxygens (including phenoxy) is 2. The monoisotopic (exact) mass is 637 g/mol. The van der Waals surface area contributed by atoms with Gasteiger partial charge in [-0.1, -0.05) is 39.8 Å². The molecule has 0 fully saturated rings. The Morgan fingerprint density at radius 1 is 0.933 bits per heavy atom. The van der Waals surface area contributed by atoms with Crippen molar-refractivity contribution in [2.24, 2.45) is 11.8 Å². The Hall–Kier alpha value is -4.73. The zero-order valence-electron chi connectivity index (χ0n) is 25.3. The highest BCUT2D eigenvalue weighted by atomic mass is 19.4. The molecule has 16 heteroatoms. The molecule has 2 amide bonds. The van der Waals surface area contributed by atoms with Crippen molar-refractivity contribution in [2.45, 2.75) is 58.6 Å². The Balaban J connectivity index is 1.95. The number of carbonyl (C=O) groups excluding carboxylic acids is 4. The summed E-state index contributed by atoms with van der Waals surface area (Å²) in [6, 6.07) is 5.40. The lowest BCUT2D eigenvalue weighted by Gasteiger charge is -2.20. The number of hydrogen-bond donors (Lipinski definition) is 3. The van der Waals surface area contributed by atoms with E-state index >= 15 is 0 Å². The van der Waals surface area contributed by atoms with E-state index in [2.05, 4.69) is 20.7 Å². The maximum Gasteiger partial charge on any atom is 0.416 e. The van der Waals surface area contributed by atoms with E-state index in [9.17, 15) is 37.5 Å². The van der Waals surface area contributed by atoms with E-state index in [1.807, 2.05) is 0 Å². The molecule has 3 N–H and O–H groups in total. The van der Waals surface area contributed by atoms with Crippen LogP contribution in [0.4, 0.5) is 13.2 Å². The Labute approximate surface area is 256 Å². The van der Waals surface area contributed by atoms with Gasteiger partial charge in [0, 0.05) is 11.1 Å². The van der Waals surface area contributed by atoms with Crippen LogP contribution in [0, 0.1) is 11.8 Å². The summed E-state index contributed by atoms with van der Waals surface area (Å²) < 4.78 is 55.4. The van der Waals surface area contributed by atoms with Crippen molar-refractivity contribution >= 4 is 23.8 Å². The molecule has 0 aliphatic carbocycles. The summed E-state index contributed by atoms with van der Waals surface area (Å²) in [5.41, 5.74) is 0.373. The van der Waals surface area contributed by atoms with E-state index in [-0.39, 0.29) is 29.0 Å². The maximum atomic E-state index is 13.2. The smallest absolute Gasteiger partial charge is 0.416 e. The fraction of sp³-hybridized carbons (Fsp3) is 0.448. The molecule has 0 bridgehead atoms. The number of aromatic nitrogens is 3. The molecule has 2 aromatic heterocycles. The number of aliphatic hydroxyl groups is 1. The Morgan fingerprint density at radius 2 is 1.49 bits per heavy atom. The summed E-state index contributed by atoms with van der Waals surface area (Å²) >= 11 is 0. The van der Waals surface area contributed by atoms with Crippen LogP contribution in [-0.2, 0) is 25.6 Å². The molecule has 45 heavy (non-hydrogen) atoms. The van der Waals surface area contributed by atoms with Gasteiger partial charge < -0.3 is 29.6 Å². The zero-order chi connectivity index (χ0) is 33.6. The van der Waals surface area contributed by atoms with Crippen molar-refractivity contribution in [3.8, 4) is 22.7 Å². The molecule has 0 radical (unpaired) electrons. The second-order valence-electron chi connectivity index (χ2n) is 10.7. The number of alkyl halides is 3. The van der Waals surface area contributed by atoms with Gasteiger partial charge in [-0.05, 0) is 30.0 Å². The summed E-state index contributed by atoms with van der Waals surface area (Å²) in [4.78, 5) is 54.2. The highest BCUT2D eigenvalue weighted by Crippen LogP contribution is 2.28. The predicted molar refractivity (Wildman–Crippen MR) is 151 cm³/mol. The van der Waals surface area contributed by atoms with E-state index < -0.39 is 60.6 Å². The Bertz CT molecular complexity index is 1530. The van der Waals surface area contributed by atoms with Gasteiger partial charge in [0.15, 0.2) is 6.10 Å². The van der Waals surface area contributed by atoms with Crippen LogP contribution in [0.3, 0.4) is 0 Å². The SMILES string of the molecule is COC(=O)C(NC(=O)c1cnc(-c2cccc(-c3cc(C(=O)NC(C(=O)OC)C(C)C)n(CC(O)C(F)(F)F)n3)c2)o1)C(C)C. The van der Waals surface area contributed by atoms with Gasteiger partial charge in [0.25, 0.3) is 11.8 Å². The van der Waals surface area contributed by atoms with Gasteiger partial charge in [0.05, 0.1) is 32.7 Å². The number of hydrogen-bond acceptors (Lipinski definition) is 10. The minimum Gasteiger partial charge on any atom is -0.467 e. The molecule has 0 aliphatic heterocycles. The van der Waals surface area contributed by atoms with Crippen LogP contribution in [0.25, 0.3) is 22.7 Å². The fourth-order valence-corrected chi connectivity index (χ4v) is 4.15. The molecular formula is C29H34F3N5O8. The number of oxazole rings is 1. The van der Waals surface area contributed by atoms with Crippen LogP contribution < -0.4 is 10.6 Å². The van der Waals surface area contributed by atoms with Crippen molar-refractivity contribution < 1.29 is 51.3 Å². The molecule has 2 heterocycles. The van der Waals surface area contributed by atoms with E-state index in [1.165, 1.54) is 19.2 Å². The summed E-state index contributed by atoms with van der Waals surface area (Å²) in [6.07, 6.45) is -6.67. The first-order valence-electron chi connectivity index (χ1n) is 13.7. The molecule has 13 nitrogen and oxygen atoms in total. The molecule has 3 aromatic rings. The number of halogens is 3. The molecule has 3 rings (SSSR count). The van der Waals surface area contributed by atoms with Crippen molar-refractivity contribution in [2.75, 3.05) is 14.2 Å². The minimum atomic E-state index is -4.99. The number of methoxy groups -OCH3 is 2. The highest BCUT2D eigenvalue weighted by molar-refractivity contribution is 5.97. The largest absolute Gasteiger partial charge is 0.467 e. The van der Waals surface area contributed by atoms with Crippen LogP contribution in [-0.4, -0.2) is 82.2 Å². The Morgan fingerprint density at radius 3 is 2.02 bits per heavy atom. The van der Waals surface area contributed by atoms with Gasteiger partial charge in [-0.15, -0.1) is 0 Å². The van der Waals surface area contributed by atoms with E-state index in [0.717, 1.165) is 13.3 Å². The third kappa shape index (κ3) is 8.47. The number of amides is 2. The molecule has 0 aliphatic rings. The molecule has 1 aromatic carbocycles. The summed E-state index contributed by atoms with van der Waals surface area (Å²) in [7, 11) is 2.33. The van der Waals surface area contributed by atoms with E-state index in [4.69, 9.17) is 13.9 Å². The van der Waals surface area contributed by atoms with Crippen molar-refractivity contribution in [3.63, 3.8) is 0 Å². The standard InChI is InChI=1S/C29H34F3N5O8/c1-14(2)22(27(41)43-5)34-24(39)19-11-18(36-37(19)13-21(38)29(30,31)32)16-8-7-9-17(10-16)26-33-12-20(45-26)25(40)35-23(15(3)4)28(42)44-6/h7-12,14-15,21-23,38H,13H2,1-6H3,(H,34,39)(H,35,40). The normalized spacial score (nSPS) is 13.7. The van der Waals surface area contributed by atoms with Crippen LogP contribution in [0.5, 0.6) is 0 Å². The van der Waals surface area contributed by atoms with Gasteiger partial charge in [0.2, 0.25) is 11.7 Å². The van der Waals surface area contributed by atoms with Gasteiger partial charge in [-0.25, -0.2) is 14.6 Å². The molecule has 0 spiro atoms. The van der Waals surface area contributed by atoms with Crippen LogP contribution in [0.1, 0.15) is 48.7 Å². The molecule has 0 saturated heterocycles. The maximum absolute atomic E-state index is 13.2. The average molecular weight is 638 g/mol. The van der Waals surface area contributed by atoms with Gasteiger partial charge in [-0.3, -0.25) is 14.3 Å². The van der Waals surface area contributed by atoms with Crippen molar-refractivity contribution in [3.05, 3.63) is 48.0 Å². The second-order valence-corrected chi connectivity index (χ2v) is 10.7. The van der Waals surface area contributed by atoms with Gasteiger partial charge in [-0.2, -0.15) is 18.3 Å². The summed E-state index contributed by atoms with van der Waals surface area (Å²) in [6.45, 7) is 5.63. The van der Waals surface area contributed by atoms with Crippen molar-refractivity contribution in [1.82, 2.24) is 25.4 Å². The first-order valence-corrected chi connectivity index (χ1v) is 13.7. The number of esters is 2. The quantitative estimate of drug-likeness (QED) is 0.251. The third-order valence-corrected chi connectivity index (χ3v) is 6.69. The number of nitrogens with one attached hydrogen (secondary N) is 2. The van der Waals surface area contributed by atoms with Crippen LogP contribution in [0.2, 0.25) is 0 Å². The first kappa shape index (κ1) is 34.8. The lowest BCUT2D eigenvalue weighted by atomic mass is 10.0.